The maximum Gasteiger partial charge on any atom is 0.222 e. The van der Waals surface area contributed by atoms with Gasteiger partial charge in [-0.1, -0.05) is 0 Å². The molecule has 2 rings (SSSR count). The Bertz CT molecular complexity index is 510. The van der Waals surface area contributed by atoms with Crippen LogP contribution in [0.1, 0.15) is 17.0 Å². The number of hydrogen-bond donors (Lipinski definition) is 2. The number of nitrogen functional groups attached to an aromatic ring is 1. The fourth-order valence-corrected chi connectivity index (χ4v) is 1.67. The van der Waals surface area contributed by atoms with E-state index in [0.29, 0.717) is 5.82 Å². The summed E-state index contributed by atoms with van der Waals surface area (Å²) in [5, 5.41) is 3.23. The summed E-state index contributed by atoms with van der Waals surface area (Å²) in [7, 11) is 0. The van der Waals surface area contributed by atoms with Gasteiger partial charge in [0.25, 0.3) is 0 Å². The standard InChI is InChI=1S/C12H15N5/c1-7-4-5-14-9(3)11(7)16-10-6-8(2)15-12(13)17-10/h4-6H,1-3H3,(H3,13,15,16,17). The SMILES string of the molecule is Cc1cc(Nc2c(C)ccnc2C)nc(N)n1. The minimum Gasteiger partial charge on any atom is -0.368 e. The third-order valence-corrected chi connectivity index (χ3v) is 2.47. The van der Waals surface area contributed by atoms with Crippen LogP contribution in [0.15, 0.2) is 18.3 Å². The molecular weight excluding hydrogens is 214 g/mol. The lowest BCUT2D eigenvalue weighted by Crippen LogP contribution is -2.03. The lowest BCUT2D eigenvalue weighted by atomic mass is 10.2. The molecule has 2 aromatic heterocycles. The van der Waals surface area contributed by atoms with Gasteiger partial charge >= 0.3 is 0 Å². The Morgan fingerprint density at radius 1 is 1.18 bits per heavy atom. The van der Waals surface area contributed by atoms with Gasteiger partial charge in [-0.05, 0) is 32.4 Å². The first-order valence-corrected chi connectivity index (χ1v) is 5.36. The molecule has 0 amide bonds. The van der Waals surface area contributed by atoms with Crippen molar-refractivity contribution in [1.82, 2.24) is 15.0 Å². The number of hydrogen-bond acceptors (Lipinski definition) is 5. The molecule has 0 radical (unpaired) electrons. The van der Waals surface area contributed by atoms with Crippen LogP contribution in [-0.2, 0) is 0 Å². The quantitative estimate of drug-likeness (QED) is 0.824. The van der Waals surface area contributed by atoms with Crippen molar-refractivity contribution >= 4 is 17.5 Å². The molecule has 0 aromatic carbocycles. The molecule has 0 bridgehead atoms. The maximum atomic E-state index is 5.61. The van der Waals surface area contributed by atoms with Crippen molar-refractivity contribution in [2.45, 2.75) is 20.8 Å². The number of rotatable bonds is 2. The van der Waals surface area contributed by atoms with E-state index in [9.17, 15) is 0 Å². The van der Waals surface area contributed by atoms with Crippen molar-refractivity contribution in [3.05, 3.63) is 35.3 Å². The van der Waals surface area contributed by atoms with E-state index in [1.165, 1.54) is 0 Å². The van der Waals surface area contributed by atoms with Gasteiger partial charge in [0.1, 0.15) is 5.82 Å². The highest BCUT2D eigenvalue weighted by Crippen LogP contribution is 2.22. The van der Waals surface area contributed by atoms with E-state index in [2.05, 4.69) is 20.3 Å². The summed E-state index contributed by atoms with van der Waals surface area (Å²) >= 11 is 0. The van der Waals surface area contributed by atoms with E-state index in [1.807, 2.05) is 32.9 Å². The minimum atomic E-state index is 0.270. The maximum absolute atomic E-state index is 5.61. The van der Waals surface area contributed by atoms with Crippen molar-refractivity contribution in [2.24, 2.45) is 0 Å². The third kappa shape index (κ3) is 2.50. The molecule has 0 aliphatic rings. The van der Waals surface area contributed by atoms with Crippen LogP contribution in [0.25, 0.3) is 0 Å². The average Bonchev–Trinajstić information content (AvgIpc) is 2.22. The molecule has 3 N–H and O–H groups in total. The highest BCUT2D eigenvalue weighted by molar-refractivity contribution is 5.63. The molecule has 0 unspecified atom stereocenters. The van der Waals surface area contributed by atoms with Gasteiger partial charge in [-0.3, -0.25) is 4.98 Å². The number of nitrogens with zero attached hydrogens (tertiary/aromatic N) is 3. The summed E-state index contributed by atoms with van der Waals surface area (Å²) in [6, 6.07) is 3.80. The molecule has 0 spiro atoms. The van der Waals surface area contributed by atoms with Crippen LogP contribution in [0.4, 0.5) is 17.5 Å². The topological polar surface area (TPSA) is 76.7 Å². The first-order valence-electron chi connectivity index (χ1n) is 5.36. The van der Waals surface area contributed by atoms with E-state index in [1.54, 1.807) is 6.20 Å². The van der Waals surface area contributed by atoms with Crippen LogP contribution >= 0.6 is 0 Å². The molecule has 0 atom stereocenters. The molecule has 2 heterocycles. The Balaban J connectivity index is 2.38. The molecule has 0 saturated carbocycles. The minimum absolute atomic E-state index is 0.270. The van der Waals surface area contributed by atoms with Crippen molar-refractivity contribution in [2.75, 3.05) is 11.1 Å². The van der Waals surface area contributed by atoms with Gasteiger partial charge in [-0.15, -0.1) is 0 Å². The Morgan fingerprint density at radius 2 is 1.94 bits per heavy atom. The molecule has 17 heavy (non-hydrogen) atoms. The molecule has 0 aliphatic carbocycles. The summed E-state index contributed by atoms with van der Waals surface area (Å²) in [4.78, 5) is 12.4. The van der Waals surface area contributed by atoms with E-state index in [-0.39, 0.29) is 5.95 Å². The van der Waals surface area contributed by atoms with Gasteiger partial charge in [0.2, 0.25) is 5.95 Å². The van der Waals surface area contributed by atoms with E-state index >= 15 is 0 Å². The van der Waals surface area contributed by atoms with Crippen LogP contribution in [0.3, 0.4) is 0 Å². The Kier molecular flexibility index (Phi) is 2.91. The molecule has 0 saturated heterocycles. The summed E-state index contributed by atoms with van der Waals surface area (Å²) < 4.78 is 0. The summed E-state index contributed by atoms with van der Waals surface area (Å²) in [5.74, 6) is 0.959. The predicted octanol–water partition coefficient (Wildman–Crippen LogP) is 2.12. The van der Waals surface area contributed by atoms with E-state index < -0.39 is 0 Å². The molecule has 2 aromatic rings. The second kappa shape index (κ2) is 4.37. The zero-order chi connectivity index (χ0) is 12.4. The number of nitrogens with two attached hydrogens (primary N) is 1. The van der Waals surface area contributed by atoms with Crippen LogP contribution < -0.4 is 11.1 Å². The number of nitrogens with one attached hydrogen (secondary N) is 1. The normalized spacial score (nSPS) is 10.3. The van der Waals surface area contributed by atoms with Crippen LogP contribution in [0, 0.1) is 20.8 Å². The highest BCUT2D eigenvalue weighted by atomic mass is 15.1. The predicted molar refractivity (Wildman–Crippen MR) is 68.2 cm³/mol. The van der Waals surface area contributed by atoms with Crippen LogP contribution in [0.2, 0.25) is 0 Å². The van der Waals surface area contributed by atoms with Crippen molar-refractivity contribution in [1.29, 1.82) is 0 Å². The average molecular weight is 229 g/mol. The van der Waals surface area contributed by atoms with Crippen LogP contribution in [-0.4, -0.2) is 15.0 Å². The second-order valence-electron chi connectivity index (χ2n) is 3.97. The number of pyridine rings is 1. The largest absolute Gasteiger partial charge is 0.368 e. The van der Waals surface area contributed by atoms with Gasteiger partial charge in [0.15, 0.2) is 0 Å². The Hall–Kier alpha value is -2.17. The van der Waals surface area contributed by atoms with Gasteiger partial charge in [0.05, 0.1) is 11.4 Å². The lowest BCUT2D eigenvalue weighted by Gasteiger charge is -2.11. The van der Waals surface area contributed by atoms with Gasteiger partial charge in [0, 0.05) is 18.0 Å². The smallest absolute Gasteiger partial charge is 0.222 e. The number of aryl methyl sites for hydroxylation is 3. The molecule has 0 fully saturated rings. The highest BCUT2D eigenvalue weighted by Gasteiger charge is 2.05. The third-order valence-electron chi connectivity index (χ3n) is 2.47. The van der Waals surface area contributed by atoms with Crippen molar-refractivity contribution in [3.63, 3.8) is 0 Å². The zero-order valence-electron chi connectivity index (χ0n) is 10.2. The number of anilines is 3. The second-order valence-corrected chi connectivity index (χ2v) is 3.97. The first-order chi connectivity index (χ1) is 8.06. The summed E-state index contributed by atoms with van der Waals surface area (Å²) in [6.45, 7) is 5.85. The van der Waals surface area contributed by atoms with Gasteiger partial charge < -0.3 is 11.1 Å². The Morgan fingerprint density at radius 3 is 2.59 bits per heavy atom. The molecule has 5 heteroatoms. The summed E-state index contributed by atoms with van der Waals surface area (Å²) in [5.41, 5.74) is 9.46. The van der Waals surface area contributed by atoms with E-state index in [4.69, 9.17) is 5.73 Å². The zero-order valence-corrected chi connectivity index (χ0v) is 10.2. The molecular formula is C12H15N5. The number of aromatic nitrogens is 3. The lowest BCUT2D eigenvalue weighted by molar-refractivity contribution is 1.11. The van der Waals surface area contributed by atoms with E-state index in [0.717, 1.165) is 22.6 Å². The fourth-order valence-electron chi connectivity index (χ4n) is 1.67. The monoisotopic (exact) mass is 229 g/mol. The molecule has 0 aliphatic heterocycles. The Labute approximate surface area is 100 Å². The fraction of sp³-hybridized carbons (Fsp3) is 0.250. The van der Waals surface area contributed by atoms with Crippen molar-refractivity contribution < 1.29 is 0 Å². The molecule has 88 valence electrons. The summed E-state index contributed by atoms with van der Waals surface area (Å²) in [6.07, 6.45) is 1.79. The van der Waals surface area contributed by atoms with Crippen molar-refractivity contribution in [3.8, 4) is 0 Å². The van der Waals surface area contributed by atoms with Crippen LogP contribution in [0.5, 0.6) is 0 Å². The molecule has 5 nitrogen and oxygen atoms in total. The first kappa shape index (κ1) is 11.3. The van der Waals surface area contributed by atoms with Gasteiger partial charge in [-0.2, -0.15) is 4.98 Å². The van der Waals surface area contributed by atoms with Gasteiger partial charge in [-0.25, -0.2) is 4.98 Å².